The zero-order chi connectivity index (χ0) is 9.54. The standard InChI is InChI=1S/C12H22N2/c13-8-5-6-12-10(7-8)9-3-1-2-4-11(9)14-12/h8-12,14H,1-7,13H2. The molecular weight excluding hydrogens is 172 g/mol. The van der Waals surface area contributed by atoms with Gasteiger partial charge >= 0.3 is 0 Å². The van der Waals surface area contributed by atoms with Crippen molar-refractivity contribution in [2.75, 3.05) is 0 Å². The van der Waals surface area contributed by atoms with E-state index in [2.05, 4.69) is 5.32 Å². The molecular formula is C12H22N2. The second kappa shape index (κ2) is 3.49. The van der Waals surface area contributed by atoms with Crippen LogP contribution in [0.15, 0.2) is 0 Å². The molecule has 0 aromatic rings. The van der Waals surface area contributed by atoms with Crippen molar-refractivity contribution in [1.82, 2.24) is 5.32 Å². The molecule has 2 heteroatoms. The maximum atomic E-state index is 6.08. The largest absolute Gasteiger partial charge is 0.328 e. The molecule has 0 bridgehead atoms. The normalized spacial score (nSPS) is 52.5. The smallest absolute Gasteiger partial charge is 0.0102 e. The fourth-order valence-electron chi connectivity index (χ4n) is 4.07. The third kappa shape index (κ3) is 1.40. The summed E-state index contributed by atoms with van der Waals surface area (Å²) in [6.45, 7) is 0. The lowest BCUT2D eigenvalue weighted by Gasteiger charge is -2.33. The fraction of sp³-hybridized carbons (Fsp3) is 1.00. The Morgan fingerprint density at radius 2 is 1.64 bits per heavy atom. The van der Waals surface area contributed by atoms with Crippen LogP contribution in [-0.2, 0) is 0 Å². The van der Waals surface area contributed by atoms with Crippen molar-refractivity contribution in [2.24, 2.45) is 17.6 Å². The van der Waals surface area contributed by atoms with Gasteiger partial charge in [-0.25, -0.2) is 0 Å². The molecule has 80 valence electrons. The van der Waals surface area contributed by atoms with Crippen LogP contribution < -0.4 is 11.1 Å². The molecule has 1 saturated heterocycles. The molecule has 3 aliphatic rings. The lowest BCUT2D eigenvalue weighted by atomic mass is 9.72. The van der Waals surface area contributed by atoms with Crippen LogP contribution in [0.3, 0.4) is 0 Å². The molecule has 3 fully saturated rings. The fourth-order valence-corrected chi connectivity index (χ4v) is 4.07. The lowest BCUT2D eigenvalue weighted by Crippen LogP contribution is -2.39. The van der Waals surface area contributed by atoms with Gasteiger partial charge in [-0.15, -0.1) is 0 Å². The number of fused-ring (bicyclic) bond motifs is 3. The predicted molar refractivity (Wildman–Crippen MR) is 58.0 cm³/mol. The van der Waals surface area contributed by atoms with E-state index in [4.69, 9.17) is 5.73 Å². The van der Waals surface area contributed by atoms with E-state index in [1.165, 1.54) is 44.9 Å². The second-order valence-electron chi connectivity index (χ2n) is 5.56. The minimum Gasteiger partial charge on any atom is -0.328 e. The molecule has 0 aromatic heterocycles. The molecule has 14 heavy (non-hydrogen) atoms. The third-order valence-corrected chi connectivity index (χ3v) is 4.74. The average Bonchev–Trinajstić information content (AvgIpc) is 2.56. The molecule has 1 heterocycles. The Morgan fingerprint density at radius 1 is 0.857 bits per heavy atom. The first-order valence-electron chi connectivity index (χ1n) is 6.36. The molecule has 2 aliphatic carbocycles. The summed E-state index contributed by atoms with van der Waals surface area (Å²) < 4.78 is 0. The topological polar surface area (TPSA) is 38.0 Å². The first-order chi connectivity index (χ1) is 6.84. The minimum absolute atomic E-state index is 0.499. The van der Waals surface area contributed by atoms with Crippen LogP contribution in [0.25, 0.3) is 0 Å². The van der Waals surface area contributed by atoms with Crippen LogP contribution in [0.4, 0.5) is 0 Å². The van der Waals surface area contributed by atoms with Gasteiger partial charge in [-0.3, -0.25) is 0 Å². The molecule has 3 N–H and O–H groups in total. The second-order valence-corrected chi connectivity index (χ2v) is 5.56. The Balaban J connectivity index is 1.75. The molecule has 5 unspecified atom stereocenters. The van der Waals surface area contributed by atoms with Gasteiger partial charge in [0.1, 0.15) is 0 Å². The van der Waals surface area contributed by atoms with Crippen molar-refractivity contribution in [3.8, 4) is 0 Å². The Morgan fingerprint density at radius 3 is 2.57 bits per heavy atom. The number of nitrogens with two attached hydrogens (primary N) is 1. The van der Waals surface area contributed by atoms with Crippen molar-refractivity contribution >= 4 is 0 Å². The third-order valence-electron chi connectivity index (χ3n) is 4.74. The number of hydrogen-bond donors (Lipinski definition) is 2. The van der Waals surface area contributed by atoms with Gasteiger partial charge in [0, 0.05) is 18.1 Å². The minimum atomic E-state index is 0.499. The van der Waals surface area contributed by atoms with E-state index in [0.29, 0.717) is 6.04 Å². The van der Waals surface area contributed by atoms with E-state index in [0.717, 1.165) is 23.9 Å². The molecule has 5 atom stereocenters. The van der Waals surface area contributed by atoms with E-state index in [-0.39, 0.29) is 0 Å². The number of rotatable bonds is 0. The maximum absolute atomic E-state index is 6.08. The van der Waals surface area contributed by atoms with Gasteiger partial charge in [-0.05, 0) is 43.9 Å². The van der Waals surface area contributed by atoms with Crippen LogP contribution in [-0.4, -0.2) is 18.1 Å². The Kier molecular flexibility index (Phi) is 2.29. The van der Waals surface area contributed by atoms with Gasteiger partial charge in [0.25, 0.3) is 0 Å². The van der Waals surface area contributed by atoms with Gasteiger partial charge in [0.2, 0.25) is 0 Å². The SMILES string of the molecule is NC1CCC2NC3CCCCC3C2C1. The summed E-state index contributed by atoms with van der Waals surface area (Å²) in [4.78, 5) is 0. The van der Waals surface area contributed by atoms with Crippen molar-refractivity contribution in [2.45, 2.75) is 63.1 Å². The highest BCUT2D eigenvalue weighted by molar-refractivity contribution is 5.02. The average molecular weight is 194 g/mol. The molecule has 0 amide bonds. The van der Waals surface area contributed by atoms with Crippen molar-refractivity contribution in [3.63, 3.8) is 0 Å². The van der Waals surface area contributed by atoms with Crippen LogP contribution in [0.1, 0.15) is 44.9 Å². The summed E-state index contributed by atoms with van der Waals surface area (Å²) in [6, 6.07) is 2.17. The zero-order valence-electron chi connectivity index (χ0n) is 8.91. The number of hydrogen-bond acceptors (Lipinski definition) is 2. The molecule has 1 aliphatic heterocycles. The summed E-state index contributed by atoms with van der Waals surface area (Å²) in [5.74, 6) is 1.89. The number of nitrogens with one attached hydrogen (secondary N) is 1. The van der Waals surface area contributed by atoms with Crippen LogP contribution in [0.5, 0.6) is 0 Å². The quantitative estimate of drug-likeness (QED) is 0.615. The van der Waals surface area contributed by atoms with E-state index in [1.807, 2.05) is 0 Å². The highest BCUT2D eigenvalue weighted by Crippen LogP contribution is 2.43. The molecule has 2 saturated carbocycles. The van der Waals surface area contributed by atoms with Crippen LogP contribution in [0.2, 0.25) is 0 Å². The van der Waals surface area contributed by atoms with Crippen molar-refractivity contribution < 1.29 is 0 Å². The van der Waals surface area contributed by atoms with Gasteiger partial charge in [0.05, 0.1) is 0 Å². The van der Waals surface area contributed by atoms with E-state index in [1.54, 1.807) is 0 Å². The van der Waals surface area contributed by atoms with Crippen molar-refractivity contribution in [1.29, 1.82) is 0 Å². The molecule has 3 rings (SSSR count). The van der Waals surface area contributed by atoms with Crippen LogP contribution in [0, 0.1) is 11.8 Å². The van der Waals surface area contributed by atoms with E-state index >= 15 is 0 Å². The van der Waals surface area contributed by atoms with E-state index in [9.17, 15) is 0 Å². The highest BCUT2D eigenvalue weighted by Gasteiger charge is 2.45. The van der Waals surface area contributed by atoms with Gasteiger partial charge in [0.15, 0.2) is 0 Å². The predicted octanol–water partition coefficient (Wildman–Crippen LogP) is 1.64. The Hall–Kier alpha value is -0.0800. The van der Waals surface area contributed by atoms with Gasteiger partial charge in [-0.2, -0.15) is 0 Å². The summed E-state index contributed by atoms with van der Waals surface area (Å²) in [5, 5.41) is 3.86. The van der Waals surface area contributed by atoms with E-state index < -0.39 is 0 Å². The molecule has 0 aromatic carbocycles. The monoisotopic (exact) mass is 194 g/mol. The van der Waals surface area contributed by atoms with Crippen LogP contribution >= 0.6 is 0 Å². The molecule has 0 spiro atoms. The first kappa shape index (κ1) is 9.17. The molecule has 2 nitrogen and oxygen atoms in total. The first-order valence-corrected chi connectivity index (χ1v) is 6.36. The Bertz CT molecular complexity index is 216. The Labute approximate surface area is 86.6 Å². The maximum Gasteiger partial charge on any atom is 0.0102 e. The van der Waals surface area contributed by atoms with Gasteiger partial charge < -0.3 is 11.1 Å². The molecule has 0 radical (unpaired) electrons. The summed E-state index contributed by atoms with van der Waals surface area (Å²) >= 11 is 0. The lowest BCUT2D eigenvalue weighted by molar-refractivity contribution is 0.217. The summed E-state index contributed by atoms with van der Waals surface area (Å²) in [7, 11) is 0. The summed E-state index contributed by atoms with van der Waals surface area (Å²) in [5.41, 5.74) is 6.08. The summed E-state index contributed by atoms with van der Waals surface area (Å²) in [6.07, 6.45) is 9.66. The van der Waals surface area contributed by atoms with Crippen molar-refractivity contribution in [3.05, 3.63) is 0 Å². The van der Waals surface area contributed by atoms with Gasteiger partial charge in [-0.1, -0.05) is 12.8 Å². The zero-order valence-corrected chi connectivity index (χ0v) is 8.91. The highest BCUT2D eigenvalue weighted by atomic mass is 15.0.